The van der Waals surface area contributed by atoms with E-state index in [-0.39, 0.29) is 23.9 Å². The lowest BCUT2D eigenvalue weighted by Gasteiger charge is -2.32. The largest absolute Gasteiger partial charge is 0.444 e. The lowest BCUT2D eigenvalue weighted by molar-refractivity contribution is 0.0191. The van der Waals surface area contributed by atoms with Gasteiger partial charge in [-0.15, -0.1) is 0 Å². The number of aromatic nitrogens is 3. The maximum Gasteiger partial charge on any atom is 0.410 e. The molecule has 1 atom stereocenters. The number of hydrogen-bond acceptors (Lipinski definition) is 5. The summed E-state index contributed by atoms with van der Waals surface area (Å²) in [6.07, 6.45) is 6.90. The Balaban J connectivity index is 1.54. The van der Waals surface area contributed by atoms with Crippen molar-refractivity contribution >= 4 is 17.8 Å². The van der Waals surface area contributed by atoms with Gasteiger partial charge in [-0.05, 0) is 63.8 Å². The Kier molecular flexibility index (Phi) is 6.81. The Morgan fingerprint density at radius 2 is 2.00 bits per heavy atom. The highest BCUT2D eigenvalue weighted by Crippen LogP contribution is 2.22. The highest BCUT2D eigenvalue weighted by Gasteiger charge is 2.34. The summed E-state index contributed by atoms with van der Waals surface area (Å²) in [6, 6.07) is 7.88. The van der Waals surface area contributed by atoms with E-state index < -0.39 is 5.60 Å². The molecule has 180 valence electrons. The third kappa shape index (κ3) is 5.70. The van der Waals surface area contributed by atoms with Gasteiger partial charge in [-0.1, -0.05) is 12.1 Å². The monoisotopic (exact) mass is 467 g/mol. The van der Waals surface area contributed by atoms with Crippen LogP contribution in [0.15, 0.2) is 48.9 Å². The molecule has 1 fully saturated rings. The molecule has 3 heterocycles. The van der Waals surface area contributed by atoms with Crippen molar-refractivity contribution in [2.24, 2.45) is 0 Å². The summed E-state index contributed by atoms with van der Waals surface area (Å²) in [7, 11) is 0. The Bertz CT molecular complexity index is 1120. The molecular formula is C25H30FN5O3. The maximum atomic E-state index is 13.5. The van der Waals surface area contributed by atoms with Gasteiger partial charge in [-0.3, -0.25) is 9.20 Å². The van der Waals surface area contributed by atoms with Gasteiger partial charge in [-0.25, -0.2) is 19.2 Å². The molecule has 0 N–H and O–H groups in total. The first-order valence-electron chi connectivity index (χ1n) is 11.5. The minimum absolute atomic E-state index is 0.151. The van der Waals surface area contributed by atoms with Crippen LogP contribution < -0.4 is 0 Å². The Morgan fingerprint density at radius 1 is 1.24 bits per heavy atom. The van der Waals surface area contributed by atoms with Crippen LogP contribution in [0.5, 0.6) is 0 Å². The number of nitrogens with zero attached hydrogens (tertiary/aromatic N) is 5. The van der Waals surface area contributed by atoms with E-state index in [0.29, 0.717) is 37.5 Å². The summed E-state index contributed by atoms with van der Waals surface area (Å²) >= 11 is 0. The molecule has 1 saturated heterocycles. The fourth-order valence-electron chi connectivity index (χ4n) is 4.13. The maximum absolute atomic E-state index is 13.5. The third-order valence-electron chi connectivity index (χ3n) is 5.76. The van der Waals surface area contributed by atoms with Crippen molar-refractivity contribution in [3.05, 3.63) is 66.0 Å². The summed E-state index contributed by atoms with van der Waals surface area (Å²) in [4.78, 5) is 38.3. The molecule has 4 rings (SSSR count). The van der Waals surface area contributed by atoms with Crippen LogP contribution in [0.4, 0.5) is 9.18 Å². The molecule has 8 nitrogen and oxygen atoms in total. The standard InChI is InChI=1S/C25H30FN5O3/c1-25(2,3)34-24(33)31-14-4-6-20(31)16-29(15-11-18-7-9-19(26)10-8-18)22(32)21-17-30-13-5-12-27-23(30)28-21/h5,7-10,12-13,17,20H,4,6,11,14-16H2,1-3H3. The zero-order valence-corrected chi connectivity index (χ0v) is 19.8. The number of amides is 2. The summed E-state index contributed by atoms with van der Waals surface area (Å²) in [5.41, 5.74) is 0.622. The summed E-state index contributed by atoms with van der Waals surface area (Å²) in [6.45, 7) is 6.88. The van der Waals surface area contributed by atoms with E-state index in [2.05, 4.69) is 9.97 Å². The molecule has 2 amide bonds. The average molecular weight is 468 g/mol. The Labute approximate surface area is 198 Å². The van der Waals surface area contributed by atoms with Crippen LogP contribution >= 0.6 is 0 Å². The molecule has 0 spiro atoms. The van der Waals surface area contributed by atoms with Crippen molar-refractivity contribution in [1.82, 2.24) is 24.2 Å². The highest BCUT2D eigenvalue weighted by atomic mass is 19.1. The SMILES string of the molecule is CC(C)(C)OC(=O)N1CCCC1CN(CCc1ccc(F)cc1)C(=O)c1cn2cccnc2n1. The molecule has 3 aromatic rings. The number of hydrogen-bond donors (Lipinski definition) is 0. The van der Waals surface area contributed by atoms with Gasteiger partial charge in [0.15, 0.2) is 0 Å². The fraction of sp³-hybridized carbons (Fsp3) is 0.440. The van der Waals surface area contributed by atoms with Crippen LogP contribution in [0.1, 0.15) is 49.7 Å². The quantitative estimate of drug-likeness (QED) is 0.548. The minimum atomic E-state index is -0.591. The number of carbonyl (C=O) groups excluding carboxylic acids is 2. The first-order chi connectivity index (χ1) is 16.2. The van der Waals surface area contributed by atoms with Gasteiger partial charge in [-0.2, -0.15) is 0 Å². The van der Waals surface area contributed by atoms with Crippen LogP contribution in [0.25, 0.3) is 5.78 Å². The fourth-order valence-corrected chi connectivity index (χ4v) is 4.13. The topological polar surface area (TPSA) is 80.0 Å². The van der Waals surface area contributed by atoms with E-state index in [1.165, 1.54) is 12.1 Å². The zero-order chi connectivity index (χ0) is 24.3. The second-order valence-electron chi connectivity index (χ2n) is 9.55. The van der Waals surface area contributed by atoms with Gasteiger partial charge in [0.05, 0.1) is 6.04 Å². The molecule has 0 aliphatic carbocycles. The van der Waals surface area contributed by atoms with Gasteiger partial charge in [0, 0.05) is 38.2 Å². The number of likely N-dealkylation sites (tertiary alicyclic amines) is 1. The van der Waals surface area contributed by atoms with Gasteiger partial charge in [0.1, 0.15) is 17.1 Å². The lowest BCUT2D eigenvalue weighted by Crippen LogP contribution is -2.47. The molecule has 0 radical (unpaired) electrons. The molecule has 1 aliphatic heterocycles. The van der Waals surface area contributed by atoms with E-state index in [9.17, 15) is 14.0 Å². The van der Waals surface area contributed by atoms with Crippen LogP contribution in [-0.2, 0) is 11.2 Å². The van der Waals surface area contributed by atoms with Crippen LogP contribution in [0, 0.1) is 5.82 Å². The molecule has 1 aliphatic rings. The van der Waals surface area contributed by atoms with Crippen molar-refractivity contribution in [2.75, 3.05) is 19.6 Å². The van der Waals surface area contributed by atoms with E-state index >= 15 is 0 Å². The minimum Gasteiger partial charge on any atom is -0.444 e. The van der Waals surface area contributed by atoms with Crippen molar-refractivity contribution in [1.29, 1.82) is 0 Å². The highest BCUT2D eigenvalue weighted by molar-refractivity contribution is 5.92. The third-order valence-corrected chi connectivity index (χ3v) is 5.76. The number of ether oxygens (including phenoxy) is 1. The van der Waals surface area contributed by atoms with Crippen LogP contribution in [0.3, 0.4) is 0 Å². The normalized spacial score (nSPS) is 16.1. The zero-order valence-electron chi connectivity index (χ0n) is 19.8. The molecule has 0 saturated carbocycles. The van der Waals surface area contributed by atoms with Crippen molar-refractivity contribution < 1.29 is 18.7 Å². The molecule has 0 bridgehead atoms. The van der Waals surface area contributed by atoms with Crippen molar-refractivity contribution in [3.8, 4) is 0 Å². The average Bonchev–Trinajstić information content (AvgIpc) is 3.43. The number of rotatable bonds is 6. The lowest BCUT2D eigenvalue weighted by atomic mass is 10.1. The van der Waals surface area contributed by atoms with Gasteiger partial charge < -0.3 is 14.5 Å². The number of halogens is 1. The van der Waals surface area contributed by atoms with Crippen LogP contribution in [0.2, 0.25) is 0 Å². The van der Waals surface area contributed by atoms with E-state index in [1.807, 2.05) is 20.8 Å². The van der Waals surface area contributed by atoms with Crippen molar-refractivity contribution in [2.45, 2.75) is 51.7 Å². The number of benzene rings is 1. The van der Waals surface area contributed by atoms with Gasteiger partial charge >= 0.3 is 6.09 Å². The predicted molar refractivity (Wildman–Crippen MR) is 125 cm³/mol. The molecule has 34 heavy (non-hydrogen) atoms. The number of fused-ring (bicyclic) bond motifs is 1. The molecule has 1 aromatic carbocycles. The van der Waals surface area contributed by atoms with Gasteiger partial charge in [0.25, 0.3) is 5.91 Å². The number of imidazole rings is 1. The van der Waals surface area contributed by atoms with Gasteiger partial charge in [0.2, 0.25) is 5.78 Å². The van der Waals surface area contributed by atoms with E-state index in [0.717, 1.165) is 18.4 Å². The van der Waals surface area contributed by atoms with E-state index in [4.69, 9.17) is 4.74 Å². The molecule has 9 heteroatoms. The number of carbonyl (C=O) groups is 2. The second kappa shape index (κ2) is 9.79. The van der Waals surface area contributed by atoms with E-state index in [1.54, 1.807) is 51.0 Å². The smallest absolute Gasteiger partial charge is 0.410 e. The second-order valence-corrected chi connectivity index (χ2v) is 9.55. The summed E-state index contributed by atoms with van der Waals surface area (Å²) in [5.74, 6) is -0.0860. The predicted octanol–water partition coefficient (Wildman–Crippen LogP) is 3.95. The summed E-state index contributed by atoms with van der Waals surface area (Å²) < 4.78 is 20.6. The summed E-state index contributed by atoms with van der Waals surface area (Å²) in [5, 5.41) is 0. The first kappa shape index (κ1) is 23.7. The molecule has 2 aromatic heterocycles. The van der Waals surface area contributed by atoms with Crippen molar-refractivity contribution in [3.63, 3.8) is 0 Å². The molecule has 1 unspecified atom stereocenters. The first-order valence-corrected chi connectivity index (χ1v) is 11.5. The van der Waals surface area contributed by atoms with Crippen LogP contribution in [-0.4, -0.2) is 67.4 Å². The Hall–Kier alpha value is -3.49. The Morgan fingerprint density at radius 3 is 2.71 bits per heavy atom. The molecular weight excluding hydrogens is 437 g/mol.